The average molecular weight is 208 g/mol. The van der Waals surface area contributed by atoms with E-state index in [1.807, 2.05) is 0 Å². The van der Waals surface area contributed by atoms with Crippen LogP contribution >= 0.6 is 11.8 Å². The summed E-state index contributed by atoms with van der Waals surface area (Å²) in [6.07, 6.45) is 4.41. The van der Waals surface area contributed by atoms with Crippen molar-refractivity contribution in [1.82, 2.24) is 0 Å². The molecule has 0 spiro atoms. The van der Waals surface area contributed by atoms with Gasteiger partial charge in [0.15, 0.2) is 11.6 Å². The Kier molecular flexibility index (Phi) is 2.59. The minimum Gasteiger partial charge on any atom is -0.295 e. The summed E-state index contributed by atoms with van der Waals surface area (Å²) in [4.78, 5) is 23.9. The Morgan fingerprint density at radius 1 is 1.43 bits per heavy atom. The fraction of sp³-hybridized carbons (Fsp3) is 0.455. The lowest BCUT2D eigenvalue weighted by Gasteiger charge is -2.21. The fourth-order valence-corrected chi connectivity index (χ4v) is 2.96. The van der Waals surface area contributed by atoms with Gasteiger partial charge in [-0.15, -0.1) is 11.8 Å². The summed E-state index contributed by atoms with van der Waals surface area (Å²) in [5, 5.41) is 0. The molecule has 0 amide bonds. The van der Waals surface area contributed by atoms with Crippen LogP contribution in [0.4, 0.5) is 0 Å². The van der Waals surface area contributed by atoms with Gasteiger partial charge >= 0.3 is 0 Å². The SMILES string of the molecule is CC(=O)C1=CC2=C(CCCC2=O)SC1. The van der Waals surface area contributed by atoms with Crippen LogP contribution in [-0.4, -0.2) is 17.3 Å². The summed E-state index contributed by atoms with van der Waals surface area (Å²) < 4.78 is 0. The molecule has 0 unspecified atom stereocenters. The maximum atomic E-state index is 11.6. The highest BCUT2D eigenvalue weighted by Gasteiger charge is 2.24. The molecule has 0 atom stereocenters. The van der Waals surface area contributed by atoms with Crippen molar-refractivity contribution in [2.24, 2.45) is 0 Å². The standard InChI is InChI=1S/C11H12O2S/c1-7(12)8-5-9-10(13)3-2-4-11(9)14-6-8/h5H,2-4,6H2,1H3. The van der Waals surface area contributed by atoms with E-state index >= 15 is 0 Å². The van der Waals surface area contributed by atoms with Crippen LogP contribution in [0, 0.1) is 0 Å². The summed E-state index contributed by atoms with van der Waals surface area (Å²) in [5.74, 6) is 1.03. The number of allylic oxidation sites excluding steroid dienone is 3. The Hall–Kier alpha value is -0.830. The van der Waals surface area contributed by atoms with Crippen molar-refractivity contribution in [3.05, 3.63) is 22.1 Å². The second-order valence-electron chi connectivity index (χ2n) is 3.63. The molecule has 0 aromatic heterocycles. The predicted octanol–water partition coefficient (Wildman–Crippen LogP) is 2.26. The van der Waals surface area contributed by atoms with Gasteiger partial charge in [0.1, 0.15) is 0 Å². The number of ketones is 2. The molecule has 0 saturated carbocycles. The van der Waals surface area contributed by atoms with Crippen LogP contribution in [0.25, 0.3) is 0 Å². The van der Waals surface area contributed by atoms with Gasteiger partial charge in [0.2, 0.25) is 0 Å². The van der Waals surface area contributed by atoms with Gasteiger partial charge < -0.3 is 0 Å². The Balaban J connectivity index is 2.36. The maximum absolute atomic E-state index is 11.6. The zero-order chi connectivity index (χ0) is 10.1. The van der Waals surface area contributed by atoms with Crippen LogP contribution in [0.5, 0.6) is 0 Å². The largest absolute Gasteiger partial charge is 0.295 e. The molecule has 1 aliphatic carbocycles. The van der Waals surface area contributed by atoms with Crippen molar-refractivity contribution < 1.29 is 9.59 Å². The first-order valence-corrected chi connectivity index (χ1v) is 5.77. The first kappa shape index (κ1) is 9.71. The maximum Gasteiger partial charge on any atom is 0.163 e. The number of carbonyl (C=O) groups excluding carboxylic acids is 2. The molecule has 14 heavy (non-hydrogen) atoms. The van der Waals surface area contributed by atoms with Crippen LogP contribution in [0.15, 0.2) is 22.1 Å². The number of thioether (sulfide) groups is 1. The normalized spacial score (nSPS) is 21.8. The summed E-state index contributed by atoms with van der Waals surface area (Å²) >= 11 is 1.66. The highest BCUT2D eigenvalue weighted by Crippen LogP contribution is 2.36. The van der Waals surface area contributed by atoms with E-state index in [0.717, 1.165) is 29.7 Å². The zero-order valence-electron chi connectivity index (χ0n) is 8.13. The summed E-state index contributed by atoms with van der Waals surface area (Å²) in [6, 6.07) is 0. The van der Waals surface area contributed by atoms with Gasteiger partial charge in [-0.2, -0.15) is 0 Å². The van der Waals surface area contributed by atoms with Gasteiger partial charge in [0.05, 0.1) is 0 Å². The van der Waals surface area contributed by atoms with E-state index in [1.54, 1.807) is 24.8 Å². The molecule has 2 nitrogen and oxygen atoms in total. The quantitative estimate of drug-likeness (QED) is 0.663. The predicted molar refractivity (Wildman–Crippen MR) is 57.1 cm³/mol. The molecule has 0 radical (unpaired) electrons. The van der Waals surface area contributed by atoms with Gasteiger partial charge in [-0.05, 0) is 30.7 Å². The van der Waals surface area contributed by atoms with E-state index in [4.69, 9.17) is 0 Å². The van der Waals surface area contributed by atoms with Crippen molar-refractivity contribution in [1.29, 1.82) is 0 Å². The summed E-state index contributed by atoms with van der Waals surface area (Å²) in [6.45, 7) is 1.56. The number of Topliss-reactive ketones (excluding diaryl/α,β-unsaturated/α-hetero) is 2. The molecule has 0 saturated heterocycles. The molecule has 2 aliphatic rings. The van der Waals surface area contributed by atoms with Crippen LogP contribution in [0.2, 0.25) is 0 Å². The third kappa shape index (κ3) is 1.69. The first-order valence-electron chi connectivity index (χ1n) is 4.79. The molecule has 74 valence electrons. The molecule has 2 rings (SSSR count). The minimum absolute atomic E-state index is 0.0856. The third-order valence-corrected chi connectivity index (χ3v) is 3.81. The monoisotopic (exact) mass is 208 g/mol. The summed E-state index contributed by atoms with van der Waals surface area (Å²) in [5.41, 5.74) is 1.58. The van der Waals surface area contributed by atoms with Crippen LogP contribution in [0.1, 0.15) is 26.2 Å². The molecule has 0 bridgehead atoms. The molecule has 0 N–H and O–H groups in total. The topological polar surface area (TPSA) is 34.1 Å². The van der Waals surface area contributed by atoms with Gasteiger partial charge in [-0.25, -0.2) is 0 Å². The zero-order valence-corrected chi connectivity index (χ0v) is 8.95. The average Bonchev–Trinajstić information content (AvgIpc) is 2.18. The van der Waals surface area contributed by atoms with Gasteiger partial charge in [-0.1, -0.05) is 0 Å². The van der Waals surface area contributed by atoms with E-state index in [9.17, 15) is 9.59 Å². The highest BCUT2D eigenvalue weighted by atomic mass is 32.2. The Morgan fingerprint density at radius 2 is 2.21 bits per heavy atom. The Bertz CT molecular complexity index is 363. The third-order valence-electron chi connectivity index (χ3n) is 2.58. The molecular weight excluding hydrogens is 196 g/mol. The van der Waals surface area contributed by atoms with Crippen molar-refractivity contribution in [3.8, 4) is 0 Å². The molecule has 0 aromatic rings. The lowest BCUT2D eigenvalue weighted by Crippen LogP contribution is -2.15. The van der Waals surface area contributed by atoms with E-state index in [2.05, 4.69) is 0 Å². The van der Waals surface area contributed by atoms with Crippen LogP contribution < -0.4 is 0 Å². The number of hydrogen-bond donors (Lipinski definition) is 0. The lowest BCUT2D eigenvalue weighted by atomic mass is 9.95. The molecule has 0 fully saturated rings. The van der Waals surface area contributed by atoms with E-state index in [1.165, 1.54) is 4.91 Å². The Morgan fingerprint density at radius 3 is 2.93 bits per heavy atom. The van der Waals surface area contributed by atoms with E-state index in [-0.39, 0.29) is 11.6 Å². The molecular formula is C11H12O2S. The molecule has 3 heteroatoms. The number of carbonyl (C=O) groups is 2. The first-order chi connectivity index (χ1) is 6.68. The van der Waals surface area contributed by atoms with Crippen LogP contribution in [0.3, 0.4) is 0 Å². The van der Waals surface area contributed by atoms with Gasteiger partial charge in [0, 0.05) is 23.3 Å². The molecule has 0 aromatic carbocycles. The van der Waals surface area contributed by atoms with Crippen molar-refractivity contribution in [2.45, 2.75) is 26.2 Å². The Labute approximate surface area is 87.4 Å². The van der Waals surface area contributed by atoms with Crippen molar-refractivity contribution in [3.63, 3.8) is 0 Å². The smallest absolute Gasteiger partial charge is 0.163 e. The second-order valence-corrected chi connectivity index (χ2v) is 4.70. The highest BCUT2D eigenvalue weighted by molar-refractivity contribution is 8.03. The number of hydrogen-bond acceptors (Lipinski definition) is 3. The van der Waals surface area contributed by atoms with Crippen molar-refractivity contribution in [2.75, 3.05) is 5.75 Å². The van der Waals surface area contributed by atoms with Gasteiger partial charge in [-0.3, -0.25) is 9.59 Å². The minimum atomic E-state index is 0.0856. The second kappa shape index (κ2) is 3.73. The molecule has 1 heterocycles. The lowest BCUT2D eigenvalue weighted by molar-refractivity contribution is -0.115. The van der Waals surface area contributed by atoms with E-state index in [0.29, 0.717) is 6.42 Å². The van der Waals surface area contributed by atoms with Crippen molar-refractivity contribution >= 4 is 23.3 Å². The fourth-order valence-electron chi connectivity index (χ4n) is 1.73. The van der Waals surface area contributed by atoms with E-state index < -0.39 is 0 Å². The molecule has 1 aliphatic heterocycles. The van der Waals surface area contributed by atoms with Gasteiger partial charge in [0.25, 0.3) is 0 Å². The number of rotatable bonds is 1. The summed E-state index contributed by atoms with van der Waals surface area (Å²) in [7, 11) is 0. The van der Waals surface area contributed by atoms with Crippen LogP contribution in [-0.2, 0) is 9.59 Å².